The van der Waals surface area contributed by atoms with E-state index in [4.69, 9.17) is 9.47 Å². The molecule has 1 fully saturated rings. The van der Waals surface area contributed by atoms with Crippen LogP contribution in [0.3, 0.4) is 0 Å². The summed E-state index contributed by atoms with van der Waals surface area (Å²) in [6.07, 6.45) is -3.75. The second-order valence-electron chi connectivity index (χ2n) is 10.3. The van der Waals surface area contributed by atoms with Gasteiger partial charge >= 0.3 is 5.69 Å². The van der Waals surface area contributed by atoms with Crippen LogP contribution in [0.1, 0.15) is 39.6 Å². The molecule has 0 bridgehead atoms. The molecule has 1 aromatic heterocycles. The van der Waals surface area contributed by atoms with Gasteiger partial charge in [-0.05, 0) is 53.4 Å². The van der Waals surface area contributed by atoms with Crippen LogP contribution in [-0.2, 0) is 15.1 Å². The van der Waals surface area contributed by atoms with Crippen LogP contribution in [0, 0.1) is 20.8 Å². The van der Waals surface area contributed by atoms with Gasteiger partial charge in [-0.25, -0.2) is 4.79 Å². The molecule has 208 valence electrons. The van der Waals surface area contributed by atoms with Crippen LogP contribution in [0.5, 0.6) is 0 Å². The first-order chi connectivity index (χ1) is 19.1. The molecule has 5 rings (SSSR count). The van der Waals surface area contributed by atoms with Gasteiger partial charge in [0.15, 0.2) is 6.23 Å². The van der Waals surface area contributed by atoms with Crippen molar-refractivity contribution in [3.05, 3.63) is 138 Å². The fourth-order valence-electron chi connectivity index (χ4n) is 5.07. The van der Waals surface area contributed by atoms with E-state index < -0.39 is 41.4 Å². The van der Waals surface area contributed by atoms with E-state index in [1.54, 1.807) is 0 Å². The lowest BCUT2D eigenvalue weighted by Crippen LogP contribution is -2.40. The summed E-state index contributed by atoms with van der Waals surface area (Å²) in [6.45, 7) is 5.95. The Morgan fingerprint density at radius 3 is 1.73 bits per heavy atom. The summed E-state index contributed by atoms with van der Waals surface area (Å²) in [5.41, 5.74) is 3.52. The van der Waals surface area contributed by atoms with E-state index in [-0.39, 0.29) is 11.1 Å². The van der Waals surface area contributed by atoms with Gasteiger partial charge in [-0.15, -0.1) is 0 Å². The molecule has 40 heavy (non-hydrogen) atoms. The molecule has 4 atom stereocenters. The highest BCUT2D eigenvalue weighted by Crippen LogP contribution is 2.42. The number of benzene rings is 3. The molecule has 4 aromatic rings. The molecule has 3 aromatic carbocycles. The summed E-state index contributed by atoms with van der Waals surface area (Å²) >= 11 is 3.10. The Morgan fingerprint density at radius 1 is 0.825 bits per heavy atom. The summed E-state index contributed by atoms with van der Waals surface area (Å²) < 4.78 is 14.0. The van der Waals surface area contributed by atoms with Crippen LogP contribution < -0.4 is 11.2 Å². The van der Waals surface area contributed by atoms with Crippen LogP contribution in [0.2, 0.25) is 0 Å². The average Bonchev–Trinajstić information content (AvgIpc) is 3.22. The number of hydrogen-bond acceptors (Lipinski definition) is 6. The van der Waals surface area contributed by atoms with Crippen molar-refractivity contribution in [1.29, 1.82) is 0 Å². The highest BCUT2D eigenvalue weighted by molar-refractivity contribution is 9.10. The van der Waals surface area contributed by atoms with Crippen molar-refractivity contribution < 1.29 is 19.7 Å². The lowest BCUT2D eigenvalue weighted by Gasteiger charge is -2.37. The zero-order valence-electron chi connectivity index (χ0n) is 22.4. The Morgan fingerprint density at radius 2 is 1.27 bits per heavy atom. The van der Waals surface area contributed by atoms with Crippen LogP contribution in [-0.4, -0.2) is 44.7 Å². The minimum Gasteiger partial charge on any atom is -0.387 e. The number of nitrogens with one attached hydrogen (secondary N) is 1. The second kappa shape index (κ2) is 11.3. The van der Waals surface area contributed by atoms with E-state index in [0.717, 1.165) is 37.9 Å². The van der Waals surface area contributed by atoms with E-state index in [9.17, 15) is 19.8 Å². The van der Waals surface area contributed by atoms with Gasteiger partial charge in [0.1, 0.15) is 23.9 Å². The fourth-order valence-corrected chi connectivity index (χ4v) is 5.39. The average molecular weight is 608 g/mol. The molecule has 2 heterocycles. The highest BCUT2D eigenvalue weighted by Gasteiger charge is 2.46. The number of hydrogen-bond donors (Lipinski definition) is 3. The molecule has 0 spiro atoms. The third kappa shape index (κ3) is 5.23. The van der Waals surface area contributed by atoms with Gasteiger partial charge in [0.05, 0.1) is 11.1 Å². The van der Waals surface area contributed by atoms with Gasteiger partial charge in [0.25, 0.3) is 5.56 Å². The molecule has 9 heteroatoms. The first-order valence-corrected chi connectivity index (χ1v) is 13.8. The second-order valence-corrected chi connectivity index (χ2v) is 11.1. The molecule has 8 nitrogen and oxygen atoms in total. The molecule has 1 aliphatic heterocycles. The highest BCUT2D eigenvalue weighted by atomic mass is 79.9. The quantitative estimate of drug-likeness (QED) is 0.275. The van der Waals surface area contributed by atoms with E-state index >= 15 is 0 Å². The van der Waals surface area contributed by atoms with Crippen molar-refractivity contribution in [1.82, 2.24) is 9.55 Å². The number of aryl methyl sites for hydroxylation is 3. The Bertz CT molecular complexity index is 1480. The van der Waals surface area contributed by atoms with Crippen molar-refractivity contribution in [2.45, 2.75) is 50.9 Å². The maximum atomic E-state index is 12.5. The first kappa shape index (κ1) is 28.2. The standard InChI is InChI=1S/C31H31BrN2O6/c1-18-4-10-21(11-5-18)31(22-12-6-19(2)7-13-22,23-14-8-20(3)9-15-23)39-17-25-26(35)27(36)29(40-25)34-16-24(32)28(37)33-30(34)38/h4-16,25-27,29,35-36H,17H2,1-3H3,(H,33,37,38)/t25-,26-,27+,29-/m0/s1. The molecule has 1 aliphatic rings. The first-order valence-electron chi connectivity index (χ1n) is 13.0. The van der Waals surface area contributed by atoms with Crippen LogP contribution >= 0.6 is 15.9 Å². The topological polar surface area (TPSA) is 114 Å². The maximum Gasteiger partial charge on any atom is 0.330 e. The Hall–Kier alpha value is -3.34. The monoisotopic (exact) mass is 606 g/mol. The smallest absolute Gasteiger partial charge is 0.330 e. The summed E-state index contributed by atoms with van der Waals surface area (Å²) in [4.78, 5) is 26.5. The van der Waals surface area contributed by atoms with Crippen molar-refractivity contribution in [2.75, 3.05) is 6.61 Å². The van der Waals surface area contributed by atoms with Crippen LogP contribution in [0.15, 0.2) is 93.1 Å². The number of ether oxygens (including phenoxy) is 2. The number of H-pyrrole nitrogens is 1. The van der Waals surface area contributed by atoms with E-state index in [2.05, 4.69) is 20.9 Å². The Labute approximate surface area is 240 Å². The maximum absolute atomic E-state index is 12.5. The van der Waals surface area contributed by atoms with E-state index in [1.165, 1.54) is 6.20 Å². The van der Waals surface area contributed by atoms with Gasteiger partial charge in [0, 0.05) is 6.20 Å². The summed E-state index contributed by atoms with van der Waals surface area (Å²) in [6, 6.07) is 24.3. The molecule has 0 radical (unpaired) electrons. The molecule has 0 aliphatic carbocycles. The number of aromatic amines is 1. The summed E-state index contributed by atoms with van der Waals surface area (Å²) in [5.74, 6) is 0. The molecular weight excluding hydrogens is 576 g/mol. The normalized spacial score (nSPS) is 21.1. The SMILES string of the molecule is Cc1ccc(C(OC[C@@H]2O[C@H](n3cc(Br)c(=O)[nH]c3=O)[C@H](O)[C@H]2O)(c2ccc(C)cc2)c2ccc(C)cc2)cc1. The molecule has 0 amide bonds. The Kier molecular flexibility index (Phi) is 7.94. The number of halogens is 1. The molecular formula is C31H31BrN2O6. The third-order valence-electron chi connectivity index (χ3n) is 7.37. The minimum absolute atomic E-state index is 0.0919. The lowest BCUT2D eigenvalue weighted by atomic mass is 9.79. The molecule has 0 saturated carbocycles. The summed E-state index contributed by atoms with van der Waals surface area (Å²) in [7, 11) is 0. The van der Waals surface area contributed by atoms with Crippen LogP contribution in [0.25, 0.3) is 0 Å². The van der Waals surface area contributed by atoms with Gasteiger partial charge in [-0.1, -0.05) is 89.5 Å². The molecule has 3 N–H and O–H groups in total. The van der Waals surface area contributed by atoms with E-state index in [1.807, 2.05) is 93.6 Å². The number of aromatic nitrogens is 2. The largest absolute Gasteiger partial charge is 0.387 e. The van der Waals surface area contributed by atoms with Crippen LogP contribution in [0.4, 0.5) is 0 Å². The van der Waals surface area contributed by atoms with Gasteiger partial charge in [0.2, 0.25) is 0 Å². The number of aliphatic hydroxyl groups excluding tert-OH is 2. The molecule has 1 saturated heterocycles. The number of aliphatic hydroxyl groups is 2. The van der Waals surface area contributed by atoms with Gasteiger partial charge < -0.3 is 19.7 Å². The van der Waals surface area contributed by atoms with Crippen molar-refractivity contribution >= 4 is 15.9 Å². The number of nitrogens with zero attached hydrogens (tertiary/aromatic N) is 1. The number of rotatable bonds is 7. The zero-order valence-corrected chi connectivity index (χ0v) is 24.0. The predicted molar refractivity (Wildman–Crippen MR) is 154 cm³/mol. The van der Waals surface area contributed by atoms with Crippen molar-refractivity contribution in [3.63, 3.8) is 0 Å². The van der Waals surface area contributed by atoms with Gasteiger partial charge in [-0.3, -0.25) is 14.3 Å². The Balaban J connectivity index is 1.56. The van der Waals surface area contributed by atoms with Crippen molar-refractivity contribution in [2.24, 2.45) is 0 Å². The lowest BCUT2D eigenvalue weighted by molar-refractivity contribution is -0.0959. The summed E-state index contributed by atoms with van der Waals surface area (Å²) in [5, 5.41) is 21.8. The van der Waals surface area contributed by atoms with E-state index in [0.29, 0.717) is 0 Å². The molecule has 0 unspecified atom stereocenters. The zero-order chi connectivity index (χ0) is 28.6. The minimum atomic E-state index is -1.43. The fraction of sp³-hybridized carbons (Fsp3) is 0.290. The predicted octanol–water partition coefficient (Wildman–Crippen LogP) is 3.85. The van der Waals surface area contributed by atoms with Gasteiger partial charge in [-0.2, -0.15) is 0 Å². The third-order valence-corrected chi connectivity index (χ3v) is 7.94. The van der Waals surface area contributed by atoms with Crippen molar-refractivity contribution in [3.8, 4) is 0 Å².